The zero-order valence-corrected chi connectivity index (χ0v) is 15.3. The molecule has 1 aliphatic rings. The number of ether oxygens (including phenoxy) is 1. The second-order valence-corrected chi connectivity index (χ2v) is 7.18. The quantitative estimate of drug-likeness (QED) is 0.744. The molecule has 1 aliphatic heterocycles. The van der Waals surface area contributed by atoms with Gasteiger partial charge in [-0.25, -0.2) is 4.68 Å². The van der Waals surface area contributed by atoms with Crippen molar-refractivity contribution in [1.82, 2.24) is 14.8 Å². The first kappa shape index (κ1) is 17.1. The van der Waals surface area contributed by atoms with Crippen LogP contribution >= 0.6 is 23.4 Å². The minimum atomic E-state index is -1.40. The number of fused-ring (bicyclic) bond motifs is 1. The van der Waals surface area contributed by atoms with Crippen LogP contribution in [0, 0.1) is 0 Å². The third-order valence-electron chi connectivity index (χ3n) is 4.20. The molecule has 2 aromatic carbocycles. The van der Waals surface area contributed by atoms with Crippen LogP contribution in [0.1, 0.15) is 5.56 Å². The van der Waals surface area contributed by atoms with Crippen molar-refractivity contribution in [1.29, 1.82) is 0 Å². The van der Waals surface area contributed by atoms with E-state index in [1.165, 1.54) is 16.4 Å². The number of aromatic nitrogens is 3. The summed E-state index contributed by atoms with van der Waals surface area (Å²) in [5.41, 5.74) is -0.423. The molecule has 0 fully saturated rings. The summed E-state index contributed by atoms with van der Waals surface area (Å²) >= 11 is 7.23. The van der Waals surface area contributed by atoms with E-state index in [-0.39, 0.29) is 5.69 Å². The van der Waals surface area contributed by atoms with Crippen LogP contribution in [0.3, 0.4) is 0 Å². The van der Waals surface area contributed by atoms with E-state index >= 15 is 0 Å². The van der Waals surface area contributed by atoms with Gasteiger partial charge in [0, 0.05) is 16.1 Å². The average Bonchev–Trinajstić information content (AvgIpc) is 2.98. The van der Waals surface area contributed by atoms with Crippen LogP contribution in [0.5, 0.6) is 5.75 Å². The van der Waals surface area contributed by atoms with E-state index in [9.17, 15) is 9.90 Å². The third kappa shape index (κ3) is 2.78. The van der Waals surface area contributed by atoms with Crippen LogP contribution in [0.4, 0.5) is 0 Å². The van der Waals surface area contributed by atoms with Gasteiger partial charge in [0.05, 0.1) is 12.9 Å². The predicted octanol–water partition coefficient (Wildman–Crippen LogP) is 2.77. The van der Waals surface area contributed by atoms with Gasteiger partial charge in [-0.3, -0.25) is 4.79 Å². The fourth-order valence-electron chi connectivity index (χ4n) is 2.79. The van der Waals surface area contributed by atoms with Gasteiger partial charge in [-0.2, -0.15) is 10.1 Å². The van der Waals surface area contributed by atoms with E-state index in [1.54, 1.807) is 55.6 Å². The number of aliphatic hydroxyl groups is 1. The molecular weight excluding hydrogens is 374 g/mol. The van der Waals surface area contributed by atoms with Crippen molar-refractivity contribution >= 4 is 23.4 Å². The SMILES string of the molecule is COc1ccc(-c2nn3c(nc2=O)SC[C@]3(O)c2ccc(Cl)cc2)cc1. The lowest BCUT2D eigenvalue weighted by atomic mass is 10.1. The Kier molecular flexibility index (Phi) is 4.22. The average molecular weight is 388 g/mol. The maximum absolute atomic E-state index is 12.4. The Bertz CT molecular complexity index is 1020. The van der Waals surface area contributed by atoms with Gasteiger partial charge in [0.15, 0.2) is 16.6 Å². The molecule has 0 aliphatic carbocycles. The summed E-state index contributed by atoms with van der Waals surface area (Å²) in [6.45, 7) is 0. The summed E-state index contributed by atoms with van der Waals surface area (Å²) in [5.74, 6) is 0.983. The van der Waals surface area contributed by atoms with Gasteiger partial charge in [-0.1, -0.05) is 35.5 Å². The van der Waals surface area contributed by atoms with Crippen LogP contribution < -0.4 is 10.3 Å². The molecular formula is C18H14ClN3O3S. The number of halogens is 1. The summed E-state index contributed by atoms with van der Waals surface area (Å²) in [4.78, 5) is 16.5. The summed E-state index contributed by atoms with van der Waals surface area (Å²) in [5, 5.41) is 16.6. The summed E-state index contributed by atoms with van der Waals surface area (Å²) in [6, 6.07) is 13.9. The first-order valence-corrected chi connectivity index (χ1v) is 9.15. The lowest BCUT2D eigenvalue weighted by Crippen LogP contribution is -2.37. The van der Waals surface area contributed by atoms with Crippen LogP contribution in [-0.4, -0.2) is 32.7 Å². The Morgan fingerprint density at radius 1 is 1.19 bits per heavy atom. The second-order valence-electron chi connectivity index (χ2n) is 5.80. The first-order chi connectivity index (χ1) is 12.5. The first-order valence-electron chi connectivity index (χ1n) is 7.79. The molecule has 0 spiro atoms. The highest BCUT2D eigenvalue weighted by Gasteiger charge is 2.41. The molecule has 6 nitrogen and oxygen atoms in total. The van der Waals surface area contributed by atoms with Crippen molar-refractivity contribution in [3.8, 4) is 17.0 Å². The van der Waals surface area contributed by atoms with Crippen molar-refractivity contribution in [3.05, 3.63) is 69.5 Å². The van der Waals surface area contributed by atoms with E-state index in [1.807, 2.05) is 0 Å². The molecule has 1 aromatic heterocycles. The molecule has 0 amide bonds. The van der Waals surface area contributed by atoms with Crippen molar-refractivity contribution in [2.24, 2.45) is 0 Å². The summed E-state index contributed by atoms with van der Waals surface area (Å²) in [7, 11) is 1.57. The van der Waals surface area contributed by atoms with Crippen molar-refractivity contribution in [2.75, 3.05) is 12.9 Å². The summed E-state index contributed by atoms with van der Waals surface area (Å²) in [6.07, 6.45) is 0. The number of thioether (sulfide) groups is 1. The van der Waals surface area contributed by atoms with Crippen molar-refractivity contribution < 1.29 is 9.84 Å². The monoisotopic (exact) mass is 387 g/mol. The van der Waals surface area contributed by atoms with Crippen LogP contribution in [0.15, 0.2) is 58.5 Å². The minimum absolute atomic E-state index is 0.172. The number of hydrogen-bond acceptors (Lipinski definition) is 6. The lowest BCUT2D eigenvalue weighted by Gasteiger charge is -2.24. The lowest BCUT2D eigenvalue weighted by molar-refractivity contribution is 0.0125. The van der Waals surface area contributed by atoms with Gasteiger partial charge in [0.1, 0.15) is 5.75 Å². The van der Waals surface area contributed by atoms with E-state index in [0.717, 1.165) is 0 Å². The Morgan fingerprint density at radius 2 is 1.88 bits per heavy atom. The maximum atomic E-state index is 12.4. The van der Waals surface area contributed by atoms with Gasteiger partial charge in [-0.05, 0) is 36.4 Å². The zero-order chi connectivity index (χ0) is 18.3. The molecule has 8 heteroatoms. The highest BCUT2D eigenvalue weighted by Crippen LogP contribution is 2.38. The molecule has 0 bridgehead atoms. The number of benzene rings is 2. The van der Waals surface area contributed by atoms with Crippen LogP contribution in [-0.2, 0) is 5.72 Å². The fourth-order valence-corrected chi connectivity index (χ4v) is 3.99. The van der Waals surface area contributed by atoms with Crippen LogP contribution in [0.2, 0.25) is 5.02 Å². The van der Waals surface area contributed by atoms with E-state index in [0.29, 0.717) is 32.8 Å². The highest BCUT2D eigenvalue weighted by molar-refractivity contribution is 7.99. The number of nitrogens with zero attached hydrogens (tertiary/aromatic N) is 3. The molecule has 0 saturated carbocycles. The molecule has 1 N–H and O–H groups in total. The Hall–Kier alpha value is -2.35. The molecule has 1 atom stereocenters. The molecule has 26 heavy (non-hydrogen) atoms. The molecule has 0 radical (unpaired) electrons. The maximum Gasteiger partial charge on any atom is 0.300 e. The highest BCUT2D eigenvalue weighted by atomic mass is 35.5. The molecule has 2 heterocycles. The van der Waals surface area contributed by atoms with Crippen molar-refractivity contribution in [2.45, 2.75) is 10.9 Å². The van der Waals surface area contributed by atoms with Gasteiger partial charge < -0.3 is 9.84 Å². The number of hydrogen-bond donors (Lipinski definition) is 1. The predicted molar refractivity (Wildman–Crippen MR) is 99.8 cm³/mol. The standard InChI is InChI=1S/C18H14ClN3O3S/c1-25-14-8-2-11(3-9-14)15-16(23)20-17-22(21-15)18(24,10-26-17)12-4-6-13(19)7-5-12/h2-9,24H,10H2,1H3/t18-/m0/s1. The van der Waals surface area contributed by atoms with Gasteiger partial charge in [0.25, 0.3) is 0 Å². The van der Waals surface area contributed by atoms with E-state index in [2.05, 4.69) is 10.1 Å². The smallest absolute Gasteiger partial charge is 0.300 e. The minimum Gasteiger partial charge on any atom is -0.497 e. The fraction of sp³-hybridized carbons (Fsp3) is 0.167. The Balaban J connectivity index is 1.83. The Labute approximate surface area is 158 Å². The van der Waals surface area contributed by atoms with Gasteiger partial charge in [-0.15, -0.1) is 0 Å². The zero-order valence-electron chi connectivity index (χ0n) is 13.7. The Morgan fingerprint density at radius 3 is 2.54 bits per heavy atom. The summed E-state index contributed by atoms with van der Waals surface area (Å²) < 4.78 is 6.54. The van der Waals surface area contributed by atoms with Gasteiger partial charge in [0.2, 0.25) is 0 Å². The van der Waals surface area contributed by atoms with Crippen LogP contribution in [0.25, 0.3) is 11.3 Å². The second kappa shape index (κ2) is 6.42. The van der Waals surface area contributed by atoms with E-state index < -0.39 is 11.3 Å². The molecule has 0 saturated heterocycles. The van der Waals surface area contributed by atoms with Gasteiger partial charge >= 0.3 is 5.56 Å². The third-order valence-corrected chi connectivity index (χ3v) is 5.53. The van der Waals surface area contributed by atoms with Crippen molar-refractivity contribution in [3.63, 3.8) is 0 Å². The molecule has 132 valence electrons. The number of rotatable bonds is 3. The normalized spacial score (nSPS) is 18.6. The largest absolute Gasteiger partial charge is 0.497 e. The topological polar surface area (TPSA) is 77.2 Å². The molecule has 3 aromatic rings. The van der Waals surface area contributed by atoms with E-state index in [4.69, 9.17) is 16.3 Å². The molecule has 4 rings (SSSR count). The molecule has 0 unspecified atom stereocenters. The number of methoxy groups -OCH3 is 1.